The number of hydrogen-bond acceptors (Lipinski definition) is 3. The molecule has 0 radical (unpaired) electrons. The van der Waals surface area contributed by atoms with Crippen LogP contribution in [0.2, 0.25) is 0 Å². The van der Waals surface area contributed by atoms with Crippen molar-refractivity contribution in [2.24, 2.45) is 0 Å². The van der Waals surface area contributed by atoms with Crippen LogP contribution in [0.25, 0.3) is 0 Å². The molecule has 0 saturated heterocycles. The van der Waals surface area contributed by atoms with E-state index in [0.29, 0.717) is 13.2 Å². The van der Waals surface area contributed by atoms with Crippen molar-refractivity contribution >= 4 is 44.2 Å². The minimum Gasteiger partial charge on any atom is -0.490 e. The molecule has 0 saturated carbocycles. The number of anilines is 1. The van der Waals surface area contributed by atoms with E-state index >= 15 is 0 Å². The fraction of sp³-hybridized carbons (Fsp3) is 0.217. The van der Waals surface area contributed by atoms with Crippen molar-refractivity contribution in [2.45, 2.75) is 27.0 Å². The Morgan fingerprint density at radius 1 is 0.964 bits per heavy atom. The number of halogens is 2. The third kappa shape index (κ3) is 5.64. The standard InChI is InChI=1S/C23H23BrINO2/c1-3-27-22-13-18(14-26-21-10-9-19(24)11-16(21)2)12-20(25)23(22)28-15-17-7-5-4-6-8-17/h4-13,26H,3,14-15H2,1-2H3. The lowest BCUT2D eigenvalue weighted by Crippen LogP contribution is -2.05. The summed E-state index contributed by atoms with van der Waals surface area (Å²) >= 11 is 5.83. The van der Waals surface area contributed by atoms with Gasteiger partial charge in [0.1, 0.15) is 6.61 Å². The molecule has 0 heterocycles. The lowest BCUT2D eigenvalue weighted by atomic mass is 10.1. The first-order chi connectivity index (χ1) is 13.6. The van der Waals surface area contributed by atoms with E-state index in [2.05, 4.69) is 87.2 Å². The van der Waals surface area contributed by atoms with Crippen molar-refractivity contribution in [2.75, 3.05) is 11.9 Å². The summed E-state index contributed by atoms with van der Waals surface area (Å²) in [6.45, 7) is 5.93. The molecule has 28 heavy (non-hydrogen) atoms. The van der Waals surface area contributed by atoms with Crippen molar-refractivity contribution in [3.8, 4) is 11.5 Å². The molecule has 0 aliphatic heterocycles. The van der Waals surface area contributed by atoms with E-state index in [4.69, 9.17) is 9.47 Å². The van der Waals surface area contributed by atoms with Crippen molar-refractivity contribution in [1.29, 1.82) is 0 Å². The Morgan fingerprint density at radius 3 is 2.46 bits per heavy atom. The second kappa shape index (κ2) is 10.2. The zero-order chi connectivity index (χ0) is 19.9. The summed E-state index contributed by atoms with van der Waals surface area (Å²) in [5.41, 5.74) is 4.62. The maximum Gasteiger partial charge on any atom is 0.174 e. The number of hydrogen-bond donors (Lipinski definition) is 1. The molecule has 1 N–H and O–H groups in total. The second-order valence-electron chi connectivity index (χ2n) is 6.42. The summed E-state index contributed by atoms with van der Waals surface area (Å²) in [4.78, 5) is 0. The van der Waals surface area contributed by atoms with E-state index in [0.717, 1.165) is 42.9 Å². The summed E-state index contributed by atoms with van der Waals surface area (Å²) in [5.74, 6) is 1.59. The van der Waals surface area contributed by atoms with Gasteiger partial charge < -0.3 is 14.8 Å². The van der Waals surface area contributed by atoms with Crippen LogP contribution in [-0.4, -0.2) is 6.61 Å². The quantitative estimate of drug-likeness (QED) is 0.307. The van der Waals surface area contributed by atoms with Gasteiger partial charge in [0.25, 0.3) is 0 Å². The molecule has 0 aliphatic rings. The summed E-state index contributed by atoms with van der Waals surface area (Å²) in [6.07, 6.45) is 0. The van der Waals surface area contributed by atoms with Crippen LogP contribution >= 0.6 is 38.5 Å². The van der Waals surface area contributed by atoms with Gasteiger partial charge in [-0.2, -0.15) is 0 Å². The maximum atomic E-state index is 6.10. The minimum absolute atomic E-state index is 0.520. The Labute approximate surface area is 188 Å². The van der Waals surface area contributed by atoms with Crippen molar-refractivity contribution in [3.63, 3.8) is 0 Å². The zero-order valence-electron chi connectivity index (χ0n) is 16.0. The number of nitrogens with one attached hydrogen (secondary N) is 1. The Hall–Kier alpha value is -1.73. The number of aryl methyl sites for hydroxylation is 1. The van der Waals surface area contributed by atoms with Gasteiger partial charge in [-0.3, -0.25) is 0 Å². The lowest BCUT2D eigenvalue weighted by Gasteiger charge is -2.16. The monoisotopic (exact) mass is 551 g/mol. The van der Waals surface area contributed by atoms with E-state index in [1.807, 2.05) is 31.2 Å². The van der Waals surface area contributed by atoms with Gasteiger partial charge >= 0.3 is 0 Å². The molecular weight excluding hydrogens is 529 g/mol. The average Bonchev–Trinajstić information content (AvgIpc) is 2.68. The Balaban J connectivity index is 1.75. The topological polar surface area (TPSA) is 30.5 Å². The van der Waals surface area contributed by atoms with Crippen LogP contribution in [0.15, 0.2) is 65.1 Å². The maximum absolute atomic E-state index is 6.10. The first-order valence-corrected chi connectivity index (χ1v) is 11.1. The molecule has 0 aromatic heterocycles. The molecule has 0 bridgehead atoms. The molecule has 0 fully saturated rings. The number of benzene rings is 3. The summed E-state index contributed by atoms with van der Waals surface area (Å²) < 4.78 is 14.1. The average molecular weight is 552 g/mol. The van der Waals surface area contributed by atoms with Gasteiger partial charge in [-0.05, 0) is 83.5 Å². The van der Waals surface area contributed by atoms with E-state index in [1.54, 1.807) is 0 Å². The molecule has 0 aliphatic carbocycles. The van der Waals surface area contributed by atoms with Crippen LogP contribution in [0.4, 0.5) is 5.69 Å². The van der Waals surface area contributed by atoms with Gasteiger partial charge in [-0.1, -0.05) is 46.3 Å². The highest BCUT2D eigenvalue weighted by Gasteiger charge is 2.13. The lowest BCUT2D eigenvalue weighted by molar-refractivity contribution is 0.267. The predicted molar refractivity (Wildman–Crippen MR) is 127 cm³/mol. The molecule has 3 nitrogen and oxygen atoms in total. The summed E-state index contributed by atoms with van der Waals surface area (Å²) in [7, 11) is 0. The molecule has 3 rings (SSSR count). The van der Waals surface area contributed by atoms with Gasteiger partial charge in [-0.25, -0.2) is 0 Å². The van der Waals surface area contributed by atoms with Crippen LogP contribution in [0.3, 0.4) is 0 Å². The molecule has 3 aromatic rings. The van der Waals surface area contributed by atoms with E-state index in [9.17, 15) is 0 Å². The zero-order valence-corrected chi connectivity index (χ0v) is 19.7. The Kier molecular flexibility index (Phi) is 7.62. The predicted octanol–water partition coefficient (Wildman–Crippen LogP) is 6.95. The van der Waals surface area contributed by atoms with Gasteiger partial charge in [0.15, 0.2) is 11.5 Å². The van der Waals surface area contributed by atoms with Crippen molar-refractivity contribution in [1.82, 2.24) is 0 Å². The van der Waals surface area contributed by atoms with E-state index in [1.165, 1.54) is 5.56 Å². The molecule has 5 heteroatoms. The fourth-order valence-corrected chi connectivity index (χ4v) is 4.18. The molecular formula is C23H23BrINO2. The highest BCUT2D eigenvalue weighted by atomic mass is 127. The van der Waals surface area contributed by atoms with Crippen molar-refractivity contribution < 1.29 is 9.47 Å². The van der Waals surface area contributed by atoms with Crippen LogP contribution in [-0.2, 0) is 13.2 Å². The highest BCUT2D eigenvalue weighted by Crippen LogP contribution is 2.35. The van der Waals surface area contributed by atoms with Crippen LogP contribution in [0.1, 0.15) is 23.6 Å². The number of ether oxygens (including phenoxy) is 2. The van der Waals surface area contributed by atoms with Gasteiger partial charge in [0, 0.05) is 16.7 Å². The Bertz CT molecular complexity index is 931. The molecule has 0 amide bonds. The highest BCUT2D eigenvalue weighted by molar-refractivity contribution is 14.1. The van der Waals surface area contributed by atoms with Gasteiger partial charge in [0.2, 0.25) is 0 Å². The first kappa shape index (κ1) is 21.0. The molecule has 0 spiro atoms. The Morgan fingerprint density at radius 2 is 1.75 bits per heavy atom. The largest absolute Gasteiger partial charge is 0.490 e. The SMILES string of the molecule is CCOc1cc(CNc2ccc(Br)cc2C)cc(I)c1OCc1ccccc1. The van der Waals surface area contributed by atoms with Gasteiger partial charge in [-0.15, -0.1) is 0 Å². The first-order valence-electron chi connectivity index (χ1n) is 9.18. The van der Waals surface area contributed by atoms with Crippen molar-refractivity contribution in [3.05, 3.63) is 85.4 Å². The fourth-order valence-electron chi connectivity index (χ4n) is 2.88. The van der Waals surface area contributed by atoms with Crippen LogP contribution in [0.5, 0.6) is 11.5 Å². The minimum atomic E-state index is 0.520. The van der Waals surface area contributed by atoms with Crippen LogP contribution in [0, 0.1) is 10.5 Å². The van der Waals surface area contributed by atoms with E-state index in [-0.39, 0.29) is 0 Å². The summed E-state index contributed by atoms with van der Waals surface area (Å²) in [5, 5.41) is 3.51. The third-order valence-electron chi connectivity index (χ3n) is 4.27. The second-order valence-corrected chi connectivity index (χ2v) is 8.50. The van der Waals surface area contributed by atoms with E-state index < -0.39 is 0 Å². The van der Waals surface area contributed by atoms with Gasteiger partial charge in [0.05, 0.1) is 10.2 Å². The smallest absolute Gasteiger partial charge is 0.174 e. The molecule has 0 unspecified atom stereocenters. The molecule has 0 atom stereocenters. The third-order valence-corrected chi connectivity index (χ3v) is 5.56. The molecule has 146 valence electrons. The number of rotatable bonds is 8. The summed E-state index contributed by atoms with van der Waals surface area (Å²) in [6, 6.07) is 20.6. The van der Waals surface area contributed by atoms with Crippen LogP contribution < -0.4 is 14.8 Å². The molecule has 3 aromatic carbocycles. The normalized spacial score (nSPS) is 10.6.